The molecule has 1 heterocycles. The van der Waals surface area contributed by atoms with Gasteiger partial charge in [0.25, 0.3) is 0 Å². The molecular weight excluding hydrogens is 180 g/mol. The molecule has 72 valence electrons. The van der Waals surface area contributed by atoms with E-state index in [1.807, 2.05) is 25.1 Å². The Kier molecular flexibility index (Phi) is 1.96. The molecule has 14 heavy (non-hydrogen) atoms. The van der Waals surface area contributed by atoms with Gasteiger partial charge in [0.1, 0.15) is 0 Å². The highest BCUT2D eigenvalue weighted by Gasteiger charge is 2.15. The maximum Gasteiger partial charge on any atom is 0.354 e. The molecule has 0 fully saturated rings. The molecule has 1 aromatic heterocycles. The van der Waals surface area contributed by atoms with Crippen molar-refractivity contribution in [2.24, 2.45) is 0 Å². The molecule has 2 rings (SSSR count). The lowest BCUT2D eigenvalue weighted by molar-refractivity contribution is 0.0685. The van der Waals surface area contributed by atoms with Crippen molar-refractivity contribution in [1.82, 2.24) is 9.78 Å². The van der Waals surface area contributed by atoms with Crippen molar-refractivity contribution in [2.45, 2.75) is 13.5 Å². The summed E-state index contributed by atoms with van der Waals surface area (Å²) in [5.74, 6) is -0.930. The normalized spacial score (nSPS) is 10.6. The molecule has 0 bridgehead atoms. The Bertz CT molecular complexity index is 488. The van der Waals surface area contributed by atoms with E-state index in [2.05, 4.69) is 5.10 Å². The quantitative estimate of drug-likeness (QED) is 0.784. The molecule has 0 aliphatic heterocycles. The van der Waals surface area contributed by atoms with E-state index < -0.39 is 5.97 Å². The first-order valence-corrected chi connectivity index (χ1v) is 4.43. The van der Waals surface area contributed by atoms with Gasteiger partial charge in [-0.25, -0.2) is 4.79 Å². The van der Waals surface area contributed by atoms with Crippen LogP contribution in [0, 0.1) is 0 Å². The van der Waals surface area contributed by atoms with Crippen molar-refractivity contribution in [2.75, 3.05) is 0 Å². The second-order valence-corrected chi connectivity index (χ2v) is 2.99. The van der Waals surface area contributed by atoms with Crippen LogP contribution in [0.25, 0.3) is 10.9 Å². The predicted octanol–water partition coefficient (Wildman–Crippen LogP) is 1.75. The molecular formula is C10H10N2O2. The zero-order chi connectivity index (χ0) is 10.1. The van der Waals surface area contributed by atoms with Crippen LogP contribution in [0.4, 0.5) is 0 Å². The Balaban J connectivity index is 2.81. The van der Waals surface area contributed by atoms with Gasteiger partial charge in [0.05, 0.1) is 5.52 Å². The van der Waals surface area contributed by atoms with E-state index in [0.717, 1.165) is 5.52 Å². The maximum absolute atomic E-state index is 11.0. The molecule has 0 spiro atoms. The SMILES string of the molecule is CCn1nc2ccccc2c1C(=O)O. The number of carboxylic acid groups (broad SMARTS) is 1. The zero-order valence-electron chi connectivity index (χ0n) is 7.77. The van der Waals surface area contributed by atoms with E-state index in [1.165, 1.54) is 4.68 Å². The summed E-state index contributed by atoms with van der Waals surface area (Å²) in [5.41, 5.74) is 0.995. The second-order valence-electron chi connectivity index (χ2n) is 2.99. The van der Waals surface area contributed by atoms with E-state index in [0.29, 0.717) is 11.9 Å². The third kappa shape index (κ3) is 1.16. The number of rotatable bonds is 2. The molecule has 0 atom stereocenters. The number of nitrogens with zero attached hydrogens (tertiary/aromatic N) is 2. The summed E-state index contributed by atoms with van der Waals surface area (Å²) in [5, 5.41) is 13.9. The van der Waals surface area contributed by atoms with Crippen molar-refractivity contribution in [3.63, 3.8) is 0 Å². The van der Waals surface area contributed by atoms with Gasteiger partial charge in [-0.15, -0.1) is 0 Å². The van der Waals surface area contributed by atoms with Gasteiger partial charge >= 0.3 is 5.97 Å². The summed E-state index contributed by atoms with van der Waals surface area (Å²) in [4.78, 5) is 11.0. The Labute approximate surface area is 80.8 Å². The predicted molar refractivity (Wildman–Crippen MR) is 52.4 cm³/mol. The standard InChI is InChI=1S/C10H10N2O2/c1-2-12-9(10(13)14)7-5-3-4-6-8(7)11-12/h3-6H,2H2,1H3,(H,13,14). The average molecular weight is 190 g/mol. The van der Waals surface area contributed by atoms with Crippen LogP contribution in [0.15, 0.2) is 24.3 Å². The van der Waals surface area contributed by atoms with Gasteiger partial charge in [-0.2, -0.15) is 5.10 Å². The molecule has 0 saturated carbocycles. The monoisotopic (exact) mass is 190 g/mol. The number of hydrogen-bond donors (Lipinski definition) is 1. The lowest BCUT2D eigenvalue weighted by Gasteiger charge is -1.98. The number of aryl methyl sites for hydroxylation is 1. The molecule has 0 amide bonds. The van der Waals surface area contributed by atoms with Crippen LogP contribution in [0.2, 0.25) is 0 Å². The van der Waals surface area contributed by atoms with Crippen molar-refractivity contribution >= 4 is 16.9 Å². The molecule has 0 aliphatic rings. The fourth-order valence-electron chi connectivity index (χ4n) is 1.53. The summed E-state index contributed by atoms with van der Waals surface area (Å²) < 4.78 is 1.51. The van der Waals surface area contributed by atoms with E-state index in [-0.39, 0.29) is 5.69 Å². The minimum absolute atomic E-state index is 0.267. The van der Waals surface area contributed by atoms with E-state index >= 15 is 0 Å². The Morgan fingerprint density at radius 2 is 2.21 bits per heavy atom. The summed E-state index contributed by atoms with van der Waals surface area (Å²) in [6.07, 6.45) is 0. The molecule has 4 heteroatoms. The molecule has 0 saturated heterocycles. The highest BCUT2D eigenvalue weighted by atomic mass is 16.4. The maximum atomic E-state index is 11.0. The largest absolute Gasteiger partial charge is 0.477 e. The Morgan fingerprint density at radius 3 is 2.86 bits per heavy atom. The first-order valence-electron chi connectivity index (χ1n) is 4.43. The number of carbonyl (C=O) groups is 1. The number of aromatic nitrogens is 2. The van der Waals surface area contributed by atoms with Crippen molar-refractivity contribution in [3.05, 3.63) is 30.0 Å². The fourth-order valence-corrected chi connectivity index (χ4v) is 1.53. The second kappa shape index (κ2) is 3.14. The Morgan fingerprint density at radius 1 is 1.50 bits per heavy atom. The van der Waals surface area contributed by atoms with Crippen LogP contribution in [-0.4, -0.2) is 20.9 Å². The van der Waals surface area contributed by atoms with Gasteiger partial charge in [0, 0.05) is 11.9 Å². The lowest BCUT2D eigenvalue weighted by atomic mass is 10.2. The third-order valence-corrected chi connectivity index (χ3v) is 2.15. The van der Waals surface area contributed by atoms with Crippen LogP contribution in [-0.2, 0) is 6.54 Å². The van der Waals surface area contributed by atoms with Crippen molar-refractivity contribution < 1.29 is 9.90 Å². The molecule has 4 nitrogen and oxygen atoms in total. The van der Waals surface area contributed by atoms with Crippen molar-refractivity contribution in [3.8, 4) is 0 Å². The topological polar surface area (TPSA) is 55.1 Å². The van der Waals surface area contributed by atoms with Crippen LogP contribution >= 0.6 is 0 Å². The summed E-state index contributed by atoms with van der Waals surface area (Å²) in [6.45, 7) is 2.44. The molecule has 2 aromatic rings. The smallest absolute Gasteiger partial charge is 0.354 e. The van der Waals surface area contributed by atoms with Crippen molar-refractivity contribution in [1.29, 1.82) is 0 Å². The van der Waals surface area contributed by atoms with Crippen LogP contribution in [0.5, 0.6) is 0 Å². The zero-order valence-corrected chi connectivity index (χ0v) is 7.77. The van der Waals surface area contributed by atoms with Crippen LogP contribution < -0.4 is 0 Å². The lowest BCUT2D eigenvalue weighted by Crippen LogP contribution is -2.08. The first-order chi connectivity index (χ1) is 6.74. The third-order valence-electron chi connectivity index (χ3n) is 2.15. The summed E-state index contributed by atoms with van der Waals surface area (Å²) in [6, 6.07) is 7.25. The van der Waals surface area contributed by atoms with Gasteiger partial charge in [-0.3, -0.25) is 4.68 Å². The number of carboxylic acids is 1. The molecule has 1 aromatic carbocycles. The summed E-state index contributed by atoms with van der Waals surface area (Å²) in [7, 11) is 0. The van der Waals surface area contributed by atoms with E-state index in [1.54, 1.807) is 6.07 Å². The van der Waals surface area contributed by atoms with E-state index in [4.69, 9.17) is 5.11 Å². The average Bonchev–Trinajstić information content (AvgIpc) is 2.55. The highest BCUT2D eigenvalue weighted by molar-refractivity contribution is 6.01. The number of fused-ring (bicyclic) bond motifs is 1. The number of hydrogen-bond acceptors (Lipinski definition) is 2. The fraction of sp³-hybridized carbons (Fsp3) is 0.200. The van der Waals surface area contributed by atoms with E-state index in [9.17, 15) is 4.79 Å². The molecule has 0 unspecified atom stereocenters. The van der Waals surface area contributed by atoms with Crippen LogP contribution in [0.1, 0.15) is 17.4 Å². The molecule has 1 N–H and O–H groups in total. The molecule has 0 radical (unpaired) electrons. The number of aromatic carboxylic acids is 1. The minimum atomic E-state index is -0.930. The highest BCUT2D eigenvalue weighted by Crippen LogP contribution is 2.17. The van der Waals surface area contributed by atoms with Gasteiger partial charge in [-0.1, -0.05) is 18.2 Å². The Hall–Kier alpha value is -1.84. The minimum Gasteiger partial charge on any atom is -0.477 e. The van der Waals surface area contributed by atoms with Gasteiger partial charge in [0.2, 0.25) is 0 Å². The number of benzene rings is 1. The summed E-state index contributed by atoms with van der Waals surface area (Å²) >= 11 is 0. The van der Waals surface area contributed by atoms with Gasteiger partial charge < -0.3 is 5.11 Å². The first kappa shape index (κ1) is 8.74. The van der Waals surface area contributed by atoms with Gasteiger partial charge in [-0.05, 0) is 13.0 Å². The van der Waals surface area contributed by atoms with Gasteiger partial charge in [0.15, 0.2) is 5.69 Å². The van der Waals surface area contributed by atoms with Crippen LogP contribution in [0.3, 0.4) is 0 Å². The molecule has 0 aliphatic carbocycles.